The van der Waals surface area contributed by atoms with E-state index in [1.807, 2.05) is 0 Å². The molecule has 0 amide bonds. The number of hydrogen-bond donors (Lipinski definition) is 0. The molecule has 0 unspecified atom stereocenters. The number of sulfonamides is 1. The summed E-state index contributed by atoms with van der Waals surface area (Å²) in [5.74, 6) is 0. The van der Waals surface area contributed by atoms with Gasteiger partial charge in [-0.3, -0.25) is 4.98 Å². The van der Waals surface area contributed by atoms with Crippen molar-refractivity contribution in [1.29, 1.82) is 0 Å². The molecular formula is C15H11FN2O2S. The van der Waals surface area contributed by atoms with Gasteiger partial charge in [0.25, 0.3) is 10.0 Å². The summed E-state index contributed by atoms with van der Waals surface area (Å²) in [5, 5.41) is 0.668. The van der Waals surface area contributed by atoms with E-state index in [4.69, 9.17) is 0 Å². The van der Waals surface area contributed by atoms with Crippen molar-refractivity contribution in [2.45, 2.75) is 4.90 Å². The second kappa shape index (κ2) is 5.14. The van der Waals surface area contributed by atoms with Crippen molar-refractivity contribution in [2.75, 3.05) is 4.53 Å². The van der Waals surface area contributed by atoms with E-state index < -0.39 is 10.0 Å². The van der Waals surface area contributed by atoms with Crippen molar-refractivity contribution >= 4 is 26.6 Å². The number of fused-ring (bicyclic) bond motifs is 1. The van der Waals surface area contributed by atoms with Gasteiger partial charge in [-0.2, -0.15) is 8.42 Å². The highest BCUT2D eigenvalue weighted by Gasteiger charge is 2.26. The Morgan fingerprint density at radius 3 is 2.38 bits per heavy atom. The molecule has 0 atom stereocenters. The van der Waals surface area contributed by atoms with Gasteiger partial charge in [-0.1, -0.05) is 45.4 Å². The van der Waals surface area contributed by atoms with Gasteiger partial charge in [-0.25, -0.2) is 0 Å². The smallest absolute Gasteiger partial charge is 0.254 e. The summed E-state index contributed by atoms with van der Waals surface area (Å²) >= 11 is 0. The van der Waals surface area contributed by atoms with Gasteiger partial charge < -0.3 is 0 Å². The molecule has 3 aromatic rings. The van der Waals surface area contributed by atoms with Gasteiger partial charge in [0.2, 0.25) is 0 Å². The van der Waals surface area contributed by atoms with Crippen molar-refractivity contribution in [3.05, 3.63) is 66.9 Å². The third-order valence-corrected chi connectivity index (χ3v) is 4.54. The van der Waals surface area contributed by atoms with E-state index in [1.165, 1.54) is 24.4 Å². The van der Waals surface area contributed by atoms with Crippen molar-refractivity contribution < 1.29 is 12.9 Å². The molecule has 0 saturated carbocycles. The highest BCUT2D eigenvalue weighted by molar-refractivity contribution is 7.92. The molecule has 106 valence electrons. The predicted octanol–water partition coefficient (Wildman–Crippen LogP) is 3.31. The first kappa shape index (κ1) is 13.5. The van der Waals surface area contributed by atoms with Crippen LogP contribution in [0.5, 0.6) is 0 Å². The second-order valence-electron chi connectivity index (χ2n) is 4.39. The Kier molecular flexibility index (Phi) is 3.31. The van der Waals surface area contributed by atoms with E-state index in [9.17, 15) is 12.9 Å². The summed E-state index contributed by atoms with van der Waals surface area (Å²) in [6, 6.07) is 15.6. The van der Waals surface area contributed by atoms with E-state index in [0.29, 0.717) is 10.9 Å². The van der Waals surface area contributed by atoms with Crippen LogP contribution in [0.3, 0.4) is 0 Å². The van der Waals surface area contributed by atoms with Crippen LogP contribution in [0.15, 0.2) is 71.8 Å². The van der Waals surface area contributed by atoms with E-state index >= 15 is 0 Å². The fourth-order valence-corrected chi connectivity index (χ4v) is 3.14. The first-order valence-corrected chi connectivity index (χ1v) is 7.64. The van der Waals surface area contributed by atoms with E-state index in [0.717, 1.165) is 0 Å². The van der Waals surface area contributed by atoms with Crippen LogP contribution in [0.1, 0.15) is 0 Å². The molecule has 2 aromatic carbocycles. The molecular weight excluding hydrogens is 291 g/mol. The van der Waals surface area contributed by atoms with E-state index in [1.54, 1.807) is 42.5 Å². The minimum absolute atomic E-state index is 0.100. The fraction of sp³-hybridized carbons (Fsp3) is 0. The summed E-state index contributed by atoms with van der Waals surface area (Å²) < 4.78 is 38.9. The minimum Gasteiger partial charge on any atom is -0.254 e. The molecule has 0 spiro atoms. The van der Waals surface area contributed by atoms with Crippen LogP contribution in [-0.2, 0) is 10.0 Å². The Morgan fingerprint density at radius 2 is 1.62 bits per heavy atom. The minimum atomic E-state index is -4.26. The molecule has 21 heavy (non-hydrogen) atoms. The van der Waals surface area contributed by atoms with Crippen molar-refractivity contribution in [1.82, 2.24) is 4.98 Å². The molecule has 1 heterocycles. The van der Waals surface area contributed by atoms with Crippen LogP contribution >= 0.6 is 0 Å². The number of halogens is 1. The lowest BCUT2D eigenvalue weighted by molar-refractivity contribution is 0.496. The molecule has 0 saturated heterocycles. The summed E-state index contributed by atoms with van der Waals surface area (Å²) in [7, 11) is -4.26. The molecule has 0 radical (unpaired) electrons. The molecule has 0 aliphatic heterocycles. The van der Waals surface area contributed by atoms with Crippen molar-refractivity contribution in [3.8, 4) is 0 Å². The van der Waals surface area contributed by atoms with Gasteiger partial charge in [-0.15, -0.1) is 0 Å². The Hall–Kier alpha value is -2.47. The Bertz CT molecular complexity index is 877. The quantitative estimate of drug-likeness (QED) is 0.697. The number of benzene rings is 2. The predicted molar refractivity (Wildman–Crippen MR) is 79.0 cm³/mol. The zero-order chi connectivity index (χ0) is 14.9. The van der Waals surface area contributed by atoms with Gasteiger partial charge in [0.05, 0.1) is 10.4 Å². The largest absolute Gasteiger partial charge is 0.290 e. The number of hydrogen-bond acceptors (Lipinski definition) is 3. The highest BCUT2D eigenvalue weighted by atomic mass is 32.2. The Labute approximate surface area is 121 Å². The van der Waals surface area contributed by atoms with Gasteiger partial charge >= 0.3 is 0 Å². The summed E-state index contributed by atoms with van der Waals surface area (Å²) in [6.07, 6.45) is 1.49. The van der Waals surface area contributed by atoms with E-state index in [2.05, 4.69) is 4.98 Å². The van der Waals surface area contributed by atoms with E-state index in [-0.39, 0.29) is 15.1 Å². The van der Waals surface area contributed by atoms with Crippen molar-refractivity contribution in [2.24, 2.45) is 0 Å². The average Bonchev–Trinajstić information content (AvgIpc) is 2.54. The van der Waals surface area contributed by atoms with Gasteiger partial charge in [0, 0.05) is 11.6 Å². The molecule has 4 nitrogen and oxygen atoms in total. The topological polar surface area (TPSA) is 50.3 Å². The number of nitrogens with zero attached hydrogens (tertiary/aromatic N) is 2. The summed E-state index contributed by atoms with van der Waals surface area (Å²) in [4.78, 5) is 3.95. The van der Waals surface area contributed by atoms with Crippen LogP contribution < -0.4 is 4.53 Å². The summed E-state index contributed by atoms with van der Waals surface area (Å²) in [6.45, 7) is 0. The first-order chi connectivity index (χ1) is 10.1. The molecule has 0 fully saturated rings. The fourth-order valence-electron chi connectivity index (χ4n) is 2.04. The lowest BCUT2D eigenvalue weighted by Crippen LogP contribution is -2.22. The van der Waals surface area contributed by atoms with Crippen LogP contribution in [-0.4, -0.2) is 13.4 Å². The maximum Gasteiger partial charge on any atom is 0.290 e. The summed E-state index contributed by atoms with van der Waals surface area (Å²) in [5.41, 5.74) is 0.193. The second-order valence-corrected chi connectivity index (χ2v) is 6.13. The molecule has 0 bridgehead atoms. The zero-order valence-electron chi connectivity index (χ0n) is 10.8. The Morgan fingerprint density at radius 1 is 0.905 bits per heavy atom. The number of aromatic nitrogens is 1. The lowest BCUT2D eigenvalue weighted by atomic mass is 10.2. The van der Waals surface area contributed by atoms with Crippen molar-refractivity contribution in [3.63, 3.8) is 0 Å². The molecule has 6 heteroatoms. The maximum absolute atomic E-state index is 14.5. The molecule has 0 aliphatic carbocycles. The standard InChI is InChI=1S/C15H11FN2O2S/c16-18(21(19,20)13-8-2-1-3-9-13)14-10-4-6-12-7-5-11-17-15(12)14/h1-11H. The van der Waals surface area contributed by atoms with Gasteiger partial charge in [0.1, 0.15) is 5.69 Å². The molecule has 0 aliphatic rings. The number of anilines is 1. The third-order valence-electron chi connectivity index (χ3n) is 3.05. The van der Waals surface area contributed by atoms with Crippen LogP contribution in [0, 0.1) is 0 Å². The monoisotopic (exact) mass is 302 g/mol. The van der Waals surface area contributed by atoms with Crippen LogP contribution in [0.25, 0.3) is 10.9 Å². The zero-order valence-corrected chi connectivity index (χ0v) is 11.7. The SMILES string of the molecule is O=S(=O)(c1ccccc1)N(F)c1cccc2cccnc12. The van der Waals surface area contributed by atoms with Crippen LogP contribution in [0.2, 0.25) is 0 Å². The molecule has 3 rings (SSSR count). The first-order valence-electron chi connectivity index (χ1n) is 6.20. The molecule has 1 aromatic heterocycles. The maximum atomic E-state index is 14.5. The van der Waals surface area contributed by atoms with Gasteiger partial charge in [-0.05, 0) is 24.3 Å². The highest BCUT2D eigenvalue weighted by Crippen LogP contribution is 2.29. The number of rotatable bonds is 3. The number of pyridine rings is 1. The normalized spacial score (nSPS) is 11.5. The lowest BCUT2D eigenvalue weighted by Gasteiger charge is -2.15. The number of para-hydroxylation sites is 1. The van der Waals surface area contributed by atoms with Gasteiger partial charge in [0.15, 0.2) is 0 Å². The Balaban J connectivity index is 2.15. The molecule has 0 N–H and O–H groups in total. The van der Waals surface area contributed by atoms with Crippen LogP contribution in [0.4, 0.5) is 10.2 Å². The third kappa shape index (κ3) is 2.34. The average molecular weight is 302 g/mol.